The van der Waals surface area contributed by atoms with Gasteiger partial charge in [-0.15, -0.1) is 0 Å². The van der Waals surface area contributed by atoms with Crippen LogP contribution in [0.1, 0.15) is 12.0 Å². The molecule has 0 unspecified atom stereocenters. The third-order valence-corrected chi connectivity index (χ3v) is 2.40. The van der Waals surface area contributed by atoms with Crippen LogP contribution in [0.2, 0.25) is 10.0 Å². The van der Waals surface area contributed by atoms with Gasteiger partial charge in [0, 0.05) is 6.42 Å². The molecular formula is C9H7Cl2N. The molecule has 0 heterocycles. The molecule has 0 fully saturated rings. The zero-order valence-electron chi connectivity index (χ0n) is 6.35. The number of hydrogen-bond acceptors (Lipinski definition) is 1. The Morgan fingerprint density at radius 3 is 2.75 bits per heavy atom. The molecule has 1 aromatic carbocycles. The summed E-state index contributed by atoms with van der Waals surface area (Å²) in [4.78, 5) is 0. The average Bonchev–Trinajstić information content (AvgIpc) is 2.08. The van der Waals surface area contributed by atoms with Gasteiger partial charge in [-0.1, -0.05) is 35.3 Å². The SMILES string of the molecule is N#CCCc1cccc(Cl)c1Cl. The molecule has 0 aliphatic rings. The Kier molecular flexibility index (Phi) is 3.40. The minimum Gasteiger partial charge on any atom is -0.198 e. The number of nitriles is 1. The van der Waals surface area contributed by atoms with Gasteiger partial charge in [-0.2, -0.15) is 5.26 Å². The minimum atomic E-state index is 0.472. The molecule has 62 valence electrons. The van der Waals surface area contributed by atoms with E-state index in [1.54, 1.807) is 6.07 Å². The van der Waals surface area contributed by atoms with Gasteiger partial charge in [0.15, 0.2) is 0 Å². The topological polar surface area (TPSA) is 23.8 Å². The van der Waals surface area contributed by atoms with Crippen LogP contribution >= 0.6 is 23.2 Å². The number of nitrogens with zero attached hydrogens (tertiary/aromatic N) is 1. The molecule has 0 spiro atoms. The predicted octanol–water partition coefficient (Wildman–Crippen LogP) is 3.45. The summed E-state index contributed by atoms with van der Waals surface area (Å²) in [6.07, 6.45) is 1.13. The van der Waals surface area contributed by atoms with E-state index in [2.05, 4.69) is 6.07 Å². The molecule has 0 saturated heterocycles. The van der Waals surface area contributed by atoms with E-state index < -0.39 is 0 Å². The first kappa shape index (κ1) is 9.38. The number of benzene rings is 1. The fraction of sp³-hybridized carbons (Fsp3) is 0.222. The number of aryl methyl sites for hydroxylation is 1. The first-order chi connectivity index (χ1) is 5.75. The Morgan fingerprint density at radius 1 is 1.33 bits per heavy atom. The second-order valence-corrected chi connectivity index (χ2v) is 3.16. The molecule has 0 saturated carbocycles. The molecule has 0 bridgehead atoms. The quantitative estimate of drug-likeness (QED) is 0.717. The van der Waals surface area contributed by atoms with Crippen LogP contribution in [-0.4, -0.2) is 0 Å². The molecule has 1 aromatic rings. The summed E-state index contributed by atoms with van der Waals surface area (Å²) < 4.78 is 0. The van der Waals surface area contributed by atoms with E-state index in [0.29, 0.717) is 22.9 Å². The summed E-state index contributed by atoms with van der Waals surface area (Å²) in [5, 5.41) is 9.47. The molecular weight excluding hydrogens is 193 g/mol. The molecule has 0 N–H and O–H groups in total. The van der Waals surface area contributed by atoms with Crippen molar-refractivity contribution in [1.82, 2.24) is 0 Å². The lowest BCUT2D eigenvalue weighted by molar-refractivity contribution is 1.01. The average molecular weight is 200 g/mol. The highest BCUT2D eigenvalue weighted by atomic mass is 35.5. The highest BCUT2D eigenvalue weighted by molar-refractivity contribution is 6.42. The highest BCUT2D eigenvalue weighted by Crippen LogP contribution is 2.26. The molecule has 0 aliphatic carbocycles. The summed E-state index contributed by atoms with van der Waals surface area (Å²) in [6, 6.07) is 7.51. The van der Waals surface area contributed by atoms with Gasteiger partial charge < -0.3 is 0 Å². The standard InChI is InChI=1S/C9H7Cl2N/c10-8-5-1-3-7(9(8)11)4-2-6-12/h1,3,5H,2,4H2. The van der Waals surface area contributed by atoms with Gasteiger partial charge in [0.1, 0.15) is 0 Å². The van der Waals surface area contributed by atoms with Gasteiger partial charge in [-0.25, -0.2) is 0 Å². The van der Waals surface area contributed by atoms with Crippen LogP contribution in [0.3, 0.4) is 0 Å². The van der Waals surface area contributed by atoms with Gasteiger partial charge in [-0.3, -0.25) is 0 Å². The summed E-state index contributed by atoms with van der Waals surface area (Å²) in [7, 11) is 0. The summed E-state index contributed by atoms with van der Waals surface area (Å²) in [6.45, 7) is 0. The maximum Gasteiger partial charge on any atom is 0.0625 e. The maximum atomic E-state index is 8.36. The van der Waals surface area contributed by atoms with Gasteiger partial charge >= 0.3 is 0 Å². The van der Waals surface area contributed by atoms with Gasteiger partial charge in [0.25, 0.3) is 0 Å². The van der Waals surface area contributed by atoms with E-state index in [9.17, 15) is 0 Å². The van der Waals surface area contributed by atoms with Crippen molar-refractivity contribution in [2.45, 2.75) is 12.8 Å². The third-order valence-electron chi connectivity index (χ3n) is 1.54. The van der Waals surface area contributed by atoms with E-state index in [0.717, 1.165) is 5.56 Å². The highest BCUT2D eigenvalue weighted by Gasteiger charge is 2.02. The fourth-order valence-electron chi connectivity index (χ4n) is 0.932. The second-order valence-electron chi connectivity index (χ2n) is 2.37. The zero-order chi connectivity index (χ0) is 8.97. The predicted molar refractivity (Wildman–Crippen MR) is 50.4 cm³/mol. The van der Waals surface area contributed by atoms with Crippen molar-refractivity contribution in [2.75, 3.05) is 0 Å². The van der Waals surface area contributed by atoms with Crippen LogP contribution < -0.4 is 0 Å². The molecule has 3 heteroatoms. The molecule has 1 rings (SSSR count). The largest absolute Gasteiger partial charge is 0.198 e. The van der Waals surface area contributed by atoms with Crippen LogP contribution in [-0.2, 0) is 6.42 Å². The lowest BCUT2D eigenvalue weighted by atomic mass is 10.1. The Hall–Kier alpha value is -0.710. The molecule has 1 nitrogen and oxygen atoms in total. The van der Waals surface area contributed by atoms with Crippen molar-refractivity contribution in [3.63, 3.8) is 0 Å². The van der Waals surface area contributed by atoms with E-state index in [4.69, 9.17) is 28.5 Å². The molecule has 0 amide bonds. The number of hydrogen-bond donors (Lipinski definition) is 0. The van der Waals surface area contributed by atoms with E-state index >= 15 is 0 Å². The molecule has 0 aromatic heterocycles. The fourth-order valence-corrected chi connectivity index (χ4v) is 1.35. The molecule has 0 radical (unpaired) electrons. The lowest BCUT2D eigenvalue weighted by Gasteiger charge is -2.01. The number of halogens is 2. The third kappa shape index (κ3) is 2.14. The summed E-state index contributed by atoms with van der Waals surface area (Å²) in [5.41, 5.74) is 0.936. The van der Waals surface area contributed by atoms with Crippen molar-refractivity contribution >= 4 is 23.2 Å². The summed E-state index contributed by atoms with van der Waals surface area (Å²) >= 11 is 11.7. The van der Waals surface area contributed by atoms with Crippen molar-refractivity contribution in [1.29, 1.82) is 5.26 Å². The smallest absolute Gasteiger partial charge is 0.0625 e. The van der Waals surface area contributed by atoms with Crippen molar-refractivity contribution < 1.29 is 0 Å². The first-order valence-corrected chi connectivity index (χ1v) is 4.31. The molecule has 0 atom stereocenters. The summed E-state index contributed by atoms with van der Waals surface area (Å²) in [5.74, 6) is 0. The first-order valence-electron chi connectivity index (χ1n) is 3.55. The van der Waals surface area contributed by atoms with Gasteiger partial charge in [0.2, 0.25) is 0 Å². The monoisotopic (exact) mass is 199 g/mol. The lowest BCUT2D eigenvalue weighted by Crippen LogP contribution is -1.85. The minimum absolute atomic E-state index is 0.472. The second kappa shape index (κ2) is 4.35. The Bertz CT molecular complexity index is 315. The van der Waals surface area contributed by atoms with E-state index in [1.165, 1.54) is 0 Å². The molecule has 0 aliphatic heterocycles. The van der Waals surface area contributed by atoms with Crippen molar-refractivity contribution in [2.24, 2.45) is 0 Å². The van der Waals surface area contributed by atoms with E-state index in [1.807, 2.05) is 12.1 Å². The Balaban J connectivity index is 2.86. The van der Waals surface area contributed by atoms with Crippen LogP contribution in [0.5, 0.6) is 0 Å². The number of rotatable bonds is 2. The van der Waals surface area contributed by atoms with E-state index in [-0.39, 0.29) is 0 Å². The maximum absolute atomic E-state index is 8.36. The van der Waals surface area contributed by atoms with Crippen LogP contribution in [0, 0.1) is 11.3 Å². The van der Waals surface area contributed by atoms with Gasteiger partial charge in [-0.05, 0) is 18.1 Å². The zero-order valence-corrected chi connectivity index (χ0v) is 7.86. The van der Waals surface area contributed by atoms with Gasteiger partial charge in [0.05, 0.1) is 16.1 Å². The van der Waals surface area contributed by atoms with Crippen molar-refractivity contribution in [3.05, 3.63) is 33.8 Å². The Labute approximate surface area is 81.5 Å². The van der Waals surface area contributed by atoms with Crippen molar-refractivity contribution in [3.8, 4) is 6.07 Å². The normalized spacial score (nSPS) is 9.42. The Morgan fingerprint density at radius 2 is 2.08 bits per heavy atom. The van der Waals surface area contributed by atoms with Crippen LogP contribution in [0.25, 0.3) is 0 Å². The van der Waals surface area contributed by atoms with Crippen LogP contribution in [0.4, 0.5) is 0 Å². The molecule has 12 heavy (non-hydrogen) atoms. The van der Waals surface area contributed by atoms with Crippen LogP contribution in [0.15, 0.2) is 18.2 Å².